The van der Waals surface area contributed by atoms with Crippen LogP contribution < -0.4 is 0 Å². The van der Waals surface area contributed by atoms with Gasteiger partial charge in [0.2, 0.25) is 0 Å². The fourth-order valence-corrected chi connectivity index (χ4v) is 1.62. The first-order valence-corrected chi connectivity index (χ1v) is 5.80. The fourth-order valence-electron chi connectivity index (χ4n) is 1.62. The maximum atomic E-state index is 4.38. The minimum absolute atomic E-state index is 0.649. The molecule has 0 fully saturated rings. The first-order chi connectivity index (χ1) is 9.42. The van der Waals surface area contributed by atoms with E-state index in [4.69, 9.17) is 0 Å². The van der Waals surface area contributed by atoms with Gasteiger partial charge >= 0.3 is 0 Å². The van der Waals surface area contributed by atoms with Crippen LogP contribution in [0.3, 0.4) is 0 Å². The lowest BCUT2D eigenvalue weighted by Crippen LogP contribution is -1.85. The van der Waals surface area contributed by atoms with Crippen molar-refractivity contribution in [2.24, 2.45) is 0 Å². The number of nitrogens with zero attached hydrogens (tertiary/aromatic N) is 3. The molecule has 0 saturated heterocycles. The fraction of sp³-hybridized carbons (Fsp3) is 0. The van der Waals surface area contributed by atoms with Crippen LogP contribution in [0.25, 0.3) is 11.3 Å². The summed E-state index contributed by atoms with van der Waals surface area (Å²) in [7, 11) is 0. The Morgan fingerprint density at radius 2 is 1.95 bits per heavy atom. The number of aromatic nitrogens is 4. The van der Waals surface area contributed by atoms with Crippen molar-refractivity contribution < 1.29 is 0 Å². The molecule has 1 N–H and O–H groups in total. The van der Waals surface area contributed by atoms with Gasteiger partial charge in [0, 0.05) is 42.1 Å². The third kappa shape index (κ3) is 2.67. The van der Waals surface area contributed by atoms with Crippen molar-refractivity contribution in [2.45, 2.75) is 0 Å². The van der Waals surface area contributed by atoms with Gasteiger partial charge < -0.3 is 4.98 Å². The van der Waals surface area contributed by atoms with Crippen LogP contribution in [0.2, 0.25) is 0 Å². The van der Waals surface area contributed by atoms with E-state index >= 15 is 0 Å². The van der Waals surface area contributed by atoms with Crippen LogP contribution in [0.4, 0.5) is 0 Å². The van der Waals surface area contributed by atoms with E-state index in [-0.39, 0.29) is 0 Å². The molecule has 0 spiro atoms. The maximum Gasteiger partial charge on any atom is 0.182 e. The number of hydrogen-bond acceptors (Lipinski definition) is 3. The number of aromatic amines is 1. The van der Waals surface area contributed by atoms with Crippen molar-refractivity contribution in [3.63, 3.8) is 0 Å². The molecule has 0 aliphatic heterocycles. The van der Waals surface area contributed by atoms with Crippen molar-refractivity contribution in [1.82, 2.24) is 19.9 Å². The lowest BCUT2D eigenvalue weighted by atomic mass is 10.1. The van der Waals surface area contributed by atoms with Gasteiger partial charge in [0.1, 0.15) is 0 Å². The summed E-state index contributed by atoms with van der Waals surface area (Å²) in [6, 6.07) is 7.74. The van der Waals surface area contributed by atoms with Crippen molar-refractivity contribution in [1.29, 1.82) is 0 Å². The molecule has 0 saturated carbocycles. The van der Waals surface area contributed by atoms with E-state index in [1.807, 2.05) is 24.3 Å². The van der Waals surface area contributed by atoms with Gasteiger partial charge in [-0.15, -0.1) is 0 Å². The standard InChI is InChI=1S/C15H10N4/c1-2-13(11-16-7-1)14-5-3-12(10-19-14)4-6-15-17-8-9-18-15/h1-3,5,7-11H,(H,17,18). The molecular formula is C15H10N4. The van der Waals surface area contributed by atoms with Gasteiger partial charge in [-0.05, 0) is 30.2 Å². The first kappa shape index (κ1) is 11.2. The predicted molar refractivity (Wildman–Crippen MR) is 72.0 cm³/mol. The highest BCUT2D eigenvalue weighted by Gasteiger charge is 1.97. The molecule has 3 heterocycles. The highest BCUT2D eigenvalue weighted by molar-refractivity contribution is 5.58. The molecule has 0 bridgehead atoms. The Morgan fingerprint density at radius 3 is 2.63 bits per heavy atom. The van der Waals surface area contributed by atoms with Gasteiger partial charge in [-0.3, -0.25) is 9.97 Å². The lowest BCUT2D eigenvalue weighted by molar-refractivity contribution is 1.25. The Bertz CT molecular complexity index is 704. The number of hydrogen-bond donors (Lipinski definition) is 1. The van der Waals surface area contributed by atoms with Gasteiger partial charge in [0.05, 0.1) is 5.69 Å². The van der Waals surface area contributed by atoms with Crippen molar-refractivity contribution in [3.8, 4) is 23.1 Å². The SMILES string of the molecule is C(#Cc1ncc[nH]1)c1ccc(-c2cccnc2)nc1. The van der Waals surface area contributed by atoms with E-state index in [9.17, 15) is 0 Å². The Labute approximate surface area is 110 Å². The van der Waals surface area contributed by atoms with Gasteiger partial charge in [0.15, 0.2) is 5.82 Å². The molecule has 3 aromatic rings. The average molecular weight is 246 g/mol. The molecule has 0 atom stereocenters. The monoisotopic (exact) mass is 246 g/mol. The van der Waals surface area contributed by atoms with Crippen LogP contribution in [0.1, 0.15) is 11.4 Å². The molecule has 4 heteroatoms. The average Bonchev–Trinajstić information content (AvgIpc) is 3.00. The van der Waals surface area contributed by atoms with Gasteiger partial charge in [-0.1, -0.05) is 5.92 Å². The highest BCUT2D eigenvalue weighted by atomic mass is 14.9. The van der Waals surface area contributed by atoms with Crippen LogP contribution in [-0.2, 0) is 0 Å². The van der Waals surface area contributed by atoms with E-state index in [1.54, 1.807) is 31.0 Å². The second-order valence-electron chi connectivity index (χ2n) is 3.86. The van der Waals surface area contributed by atoms with Crippen LogP contribution in [0, 0.1) is 11.8 Å². The molecule has 3 rings (SSSR count). The van der Waals surface area contributed by atoms with E-state index in [0.717, 1.165) is 16.8 Å². The topological polar surface area (TPSA) is 54.5 Å². The minimum atomic E-state index is 0.649. The molecule has 0 amide bonds. The van der Waals surface area contributed by atoms with Crippen LogP contribution >= 0.6 is 0 Å². The third-order valence-corrected chi connectivity index (χ3v) is 2.54. The number of imidazole rings is 1. The second kappa shape index (κ2) is 5.15. The van der Waals surface area contributed by atoms with E-state index < -0.39 is 0 Å². The summed E-state index contributed by atoms with van der Waals surface area (Å²) in [4.78, 5) is 15.4. The summed E-state index contributed by atoms with van der Waals surface area (Å²) in [6.45, 7) is 0. The zero-order valence-corrected chi connectivity index (χ0v) is 10.0. The molecule has 0 aromatic carbocycles. The number of nitrogens with one attached hydrogen (secondary N) is 1. The third-order valence-electron chi connectivity index (χ3n) is 2.54. The molecule has 90 valence electrons. The summed E-state index contributed by atoms with van der Waals surface area (Å²) >= 11 is 0. The van der Waals surface area contributed by atoms with Crippen LogP contribution in [0.5, 0.6) is 0 Å². The number of H-pyrrole nitrogens is 1. The molecule has 0 radical (unpaired) electrons. The van der Waals surface area contributed by atoms with Gasteiger partial charge in [-0.2, -0.15) is 0 Å². The van der Waals surface area contributed by atoms with E-state index in [0.29, 0.717) is 5.82 Å². The second-order valence-corrected chi connectivity index (χ2v) is 3.86. The summed E-state index contributed by atoms with van der Waals surface area (Å²) in [6.07, 6.45) is 8.70. The molecular weight excluding hydrogens is 236 g/mol. The largest absolute Gasteiger partial charge is 0.338 e. The smallest absolute Gasteiger partial charge is 0.182 e. The zero-order chi connectivity index (χ0) is 12.9. The maximum absolute atomic E-state index is 4.38. The summed E-state index contributed by atoms with van der Waals surface area (Å²) in [5.41, 5.74) is 2.73. The van der Waals surface area contributed by atoms with Crippen LogP contribution in [0.15, 0.2) is 55.2 Å². The number of rotatable bonds is 1. The molecule has 19 heavy (non-hydrogen) atoms. The Hall–Kier alpha value is -2.93. The Kier molecular flexibility index (Phi) is 3.03. The lowest BCUT2D eigenvalue weighted by Gasteiger charge is -1.99. The molecule has 3 aromatic heterocycles. The van der Waals surface area contributed by atoms with Crippen molar-refractivity contribution in [3.05, 3.63) is 66.6 Å². The predicted octanol–water partition coefficient (Wildman–Crippen LogP) is 2.27. The molecule has 0 unspecified atom stereocenters. The minimum Gasteiger partial charge on any atom is -0.338 e. The highest BCUT2D eigenvalue weighted by Crippen LogP contribution is 2.14. The van der Waals surface area contributed by atoms with E-state index in [1.165, 1.54) is 0 Å². The first-order valence-electron chi connectivity index (χ1n) is 5.80. The van der Waals surface area contributed by atoms with Gasteiger partial charge in [-0.25, -0.2) is 4.98 Å². The van der Waals surface area contributed by atoms with Crippen LogP contribution in [-0.4, -0.2) is 19.9 Å². The normalized spacial score (nSPS) is 9.68. The molecule has 4 nitrogen and oxygen atoms in total. The van der Waals surface area contributed by atoms with Crippen molar-refractivity contribution >= 4 is 0 Å². The summed E-state index contributed by atoms with van der Waals surface area (Å²) in [5.74, 6) is 6.58. The number of pyridine rings is 2. The summed E-state index contributed by atoms with van der Waals surface area (Å²) < 4.78 is 0. The zero-order valence-electron chi connectivity index (χ0n) is 10.0. The van der Waals surface area contributed by atoms with E-state index in [2.05, 4.69) is 31.8 Å². The van der Waals surface area contributed by atoms with Crippen molar-refractivity contribution in [2.75, 3.05) is 0 Å². The van der Waals surface area contributed by atoms with Gasteiger partial charge in [0.25, 0.3) is 0 Å². The Morgan fingerprint density at radius 1 is 0.947 bits per heavy atom. The molecule has 0 aliphatic rings. The Balaban J connectivity index is 1.84. The quantitative estimate of drug-likeness (QED) is 0.670. The summed E-state index contributed by atoms with van der Waals surface area (Å²) in [5, 5.41) is 0. The molecule has 0 aliphatic carbocycles.